The molecule has 27 rings (SSSR count). The van der Waals surface area contributed by atoms with E-state index in [0.717, 1.165) is 145 Å². The molecule has 14 heteroatoms. The Labute approximate surface area is 866 Å². The van der Waals surface area contributed by atoms with Crippen LogP contribution in [0.5, 0.6) is 0 Å². The van der Waals surface area contributed by atoms with Crippen LogP contribution in [0.3, 0.4) is 0 Å². The third-order valence-electron chi connectivity index (χ3n) is 27.1. The summed E-state index contributed by atoms with van der Waals surface area (Å²) >= 11 is 0. The fourth-order valence-corrected chi connectivity index (χ4v) is 19.7. The van der Waals surface area contributed by atoms with Crippen LogP contribution in [0, 0.1) is 0 Å². The van der Waals surface area contributed by atoms with Crippen LogP contribution in [-0.4, -0.2) is 69.8 Å². The van der Waals surface area contributed by atoms with Gasteiger partial charge in [-0.25, -0.2) is 59.8 Å². The van der Waals surface area contributed by atoms with Crippen LogP contribution >= 0.6 is 0 Å². The van der Waals surface area contributed by atoms with Crippen LogP contribution in [0.2, 0.25) is 0 Å². The zero-order valence-electron chi connectivity index (χ0n) is 81.1. The van der Waals surface area contributed by atoms with E-state index in [4.69, 9.17) is 49.8 Å². The predicted molar refractivity (Wildman–Crippen MR) is 611 cm³/mol. The first-order chi connectivity index (χ1) is 74.3. The van der Waals surface area contributed by atoms with Crippen molar-refractivity contribution in [3.05, 3.63) is 534 Å². The Bertz CT molecular complexity index is 9470. The average Bonchev–Trinajstić information content (AvgIpc) is 0.756. The molecule has 27 aromatic rings. The molecule has 0 saturated heterocycles. The van der Waals surface area contributed by atoms with E-state index in [0.29, 0.717) is 58.2 Å². The zero-order chi connectivity index (χ0) is 99.8. The lowest BCUT2D eigenvalue weighted by Gasteiger charge is -2.15. The molecule has 20 aromatic carbocycles. The van der Waals surface area contributed by atoms with Gasteiger partial charge in [0.1, 0.15) is 0 Å². The van der Waals surface area contributed by atoms with E-state index in [9.17, 15) is 0 Å². The highest BCUT2D eigenvalue weighted by Crippen LogP contribution is 2.45. The van der Waals surface area contributed by atoms with Crippen molar-refractivity contribution in [2.45, 2.75) is 0 Å². The Morgan fingerprint density at radius 2 is 0.367 bits per heavy atom. The Kier molecular flexibility index (Phi) is 24.9. The standard InChI is InChI=1S/C46H30N4.2C45H29N5/c1-3-12-34(13-4-1)44-48-45(35-14-5-2-6-15-35)50-46(49-44)40-29-38(31-18-21-33(22-19-31)43-17-9-10-26-47-43)28-39(30-40)36-24-25-42-37(27-36)23-20-32-11-7-8-16-41(32)42;1-3-14-30(15-4-1)43-48-44(31-16-5-2-6-17-31)50-45(49-43)35-27-33(39-29-32-18-7-8-19-36(32)37-20-9-10-21-38(37)39)26-34(28-35)40-23-13-24-42(47-40)41-22-11-12-25-46-41;1-3-12-31(13-4-1)43-48-44(32-14-5-2-6-15-32)50-45(49-43)37-27-35(30-20-22-33(23-21-30)42-46-24-11-25-47-42)26-36(28-37)41-29-34-16-7-8-17-38(34)39-18-9-10-19-40(39)41/h1-30H;2*1-29H. The SMILES string of the molecule is c1ccc(-c2nc(-c3ccccc3)nc(-c3cc(-c4ccc(-c5ccccn5)cc4)cc(-c4ccc5c(ccc6ccccc65)c4)c3)n2)cc1.c1ccc(-c2nc(-c3ccccc3)nc(-c3cc(-c4ccc(-c5ncccn5)cc4)cc(-c4cc5ccccc5c5ccccc45)c3)n2)cc1.c1ccc(-c2nc(-c3ccccc3)nc(-c3cc(-c4cccc(-c5ccccn5)n4)cc(-c4cc5ccccc5c5ccccc45)c3)n2)cc1. The molecule has 0 saturated carbocycles. The van der Waals surface area contributed by atoms with E-state index in [2.05, 4.69) is 287 Å². The van der Waals surface area contributed by atoms with E-state index in [-0.39, 0.29) is 0 Å². The van der Waals surface area contributed by atoms with Crippen molar-refractivity contribution in [1.82, 2.24) is 69.8 Å². The lowest BCUT2D eigenvalue weighted by molar-refractivity contribution is 1.07. The molecule has 14 nitrogen and oxygen atoms in total. The van der Waals surface area contributed by atoms with Gasteiger partial charge in [-0.15, -0.1) is 0 Å². The van der Waals surface area contributed by atoms with Gasteiger partial charge in [0.25, 0.3) is 0 Å². The van der Waals surface area contributed by atoms with Crippen LogP contribution in [0.1, 0.15) is 0 Å². The van der Waals surface area contributed by atoms with Crippen LogP contribution in [0.15, 0.2) is 534 Å². The van der Waals surface area contributed by atoms with Gasteiger partial charge < -0.3 is 0 Å². The van der Waals surface area contributed by atoms with Gasteiger partial charge in [-0.1, -0.05) is 394 Å². The summed E-state index contributed by atoms with van der Waals surface area (Å²) in [4.78, 5) is 68.5. The normalized spacial score (nSPS) is 11.2. The topological polar surface area (TPSA) is 180 Å². The lowest BCUT2D eigenvalue weighted by atomic mass is 9.90. The minimum Gasteiger partial charge on any atom is -0.256 e. The van der Waals surface area contributed by atoms with E-state index in [1.165, 1.54) is 64.6 Å². The quantitative estimate of drug-likeness (QED) is 0.0740. The summed E-state index contributed by atoms with van der Waals surface area (Å²) in [7, 11) is 0. The first kappa shape index (κ1) is 90.8. The second kappa shape index (κ2) is 41.1. The molecule has 7 aromatic heterocycles. The number of aromatic nitrogens is 14. The van der Waals surface area contributed by atoms with Gasteiger partial charge in [-0.2, -0.15) is 0 Å². The molecular formula is C136H88N14. The molecular weight excluding hydrogens is 1830 g/mol. The van der Waals surface area contributed by atoms with Gasteiger partial charge in [-0.3, -0.25) is 9.97 Å². The van der Waals surface area contributed by atoms with Crippen LogP contribution in [0.25, 0.3) is 268 Å². The number of hydrogen-bond donors (Lipinski definition) is 0. The number of pyridine rings is 3. The molecule has 0 amide bonds. The Morgan fingerprint density at radius 3 is 0.787 bits per heavy atom. The molecule has 702 valence electrons. The smallest absolute Gasteiger partial charge is 0.164 e. The zero-order valence-corrected chi connectivity index (χ0v) is 81.1. The minimum absolute atomic E-state index is 0.590. The molecule has 0 bridgehead atoms. The number of nitrogens with zero attached hydrogens (tertiary/aromatic N) is 14. The molecule has 0 fully saturated rings. The summed E-state index contributed by atoms with van der Waals surface area (Å²) < 4.78 is 0. The Hall–Kier alpha value is -20.5. The molecule has 0 aliphatic heterocycles. The fourth-order valence-electron chi connectivity index (χ4n) is 19.7. The summed E-state index contributed by atoms with van der Waals surface area (Å²) in [5, 5.41) is 14.6. The van der Waals surface area contributed by atoms with E-state index in [1.54, 1.807) is 18.6 Å². The number of hydrogen-bond acceptors (Lipinski definition) is 14. The van der Waals surface area contributed by atoms with E-state index < -0.39 is 0 Å². The monoisotopic (exact) mass is 1920 g/mol. The van der Waals surface area contributed by atoms with Crippen molar-refractivity contribution < 1.29 is 0 Å². The van der Waals surface area contributed by atoms with Crippen molar-refractivity contribution in [3.8, 4) is 203 Å². The van der Waals surface area contributed by atoms with Crippen molar-refractivity contribution in [2.75, 3.05) is 0 Å². The Morgan fingerprint density at radius 1 is 0.100 bits per heavy atom. The summed E-state index contributed by atoms with van der Waals surface area (Å²) in [6, 6.07) is 176. The number of benzene rings is 20. The molecule has 0 aliphatic carbocycles. The van der Waals surface area contributed by atoms with Crippen LogP contribution in [0.4, 0.5) is 0 Å². The molecule has 150 heavy (non-hydrogen) atoms. The van der Waals surface area contributed by atoms with Crippen molar-refractivity contribution >= 4 is 64.6 Å². The highest BCUT2D eigenvalue weighted by Gasteiger charge is 2.24. The van der Waals surface area contributed by atoms with Crippen molar-refractivity contribution in [2.24, 2.45) is 0 Å². The minimum atomic E-state index is 0.590. The largest absolute Gasteiger partial charge is 0.256 e. The number of fused-ring (bicyclic) bond motifs is 9. The summed E-state index contributed by atoms with van der Waals surface area (Å²) in [6.45, 7) is 0. The molecule has 0 aliphatic rings. The first-order valence-electron chi connectivity index (χ1n) is 49.9. The Balaban J connectivity index is 0.000000116. The average molecular weight is 1920 g/mol. The molecule has 0 spiro atoms. The molecule has 0 N–H and O–H groups in total. The molecule has 7 heterocycles. The molecule has 0 unspecified atom stereocenters. The summed E-state index contributed by atoms with van der Waals surface area (Å²) in [5.74, 6) is 6.29. The second-order valence-corrected chi connectivity index (χ2v) is 36.7. The van der Waals surface area contributed by atoms with Crippen molar-refractivity contribution in [3.63, 3.8) is 0 Å². The fraction of sp³-hybridized carbons (Fsp3) is 0. The van der Waals surface area contributed by atoms with Gasteiger partial charge in [0.2, 0.25) is 0 Å². The predicted octanol–water partition coefficient (Wildman–Crippen LogP) is 33.5. The van der Waals surface area contributed by atoms with E-state index >= 15 is 0 Å². The highest BCUT2D eigenvalue weighted by molar-refractivity contribution is 6.16. The number of rotatable bonds is 18. The maximum atomic E-state index is 5.11. The summed E-state index contributed by atoms with van der Waals surface area (Å²) in [6.07, 6.45) is 7.15. The van der Waals surface area contributed by atoms with Crippen LogP contribution in [-0.2, 0) is 0 Å². The third kappa shape index (κ3) is 19.1. The maximum absolute atomic E-state index is 5.11. The summed E-state index contributed by atoms with van der Waals surface area (Å²) in [5.41, 5.74) is 25.6. The van der Waals surface area contributed by atoms with Gasteiger partial charge in [0.05, 0.1) is 22.8 Å². The van der Waals surface area contributed by atoms with Crippen molar-refractivity contribution in [1.29, 1.82) is 0 Å². The van der Waals surface area contributed by atoms with E-state index in [1.807, 2.05) is 249 Å². The lowest BCUT2D eigenvalue weighted by Crippen LogP contribution is -2.00. The van der Waals surface area contributed by atoms with Gasteiger partial charge >= 0.3 is 0 Å². The van der Waals surface area contributed by atoms with Crippen LogP contribution < -0.4 is 0 Å². The van der Waals surface area contributed by atoms with Gasteiger partial charge in [-0.05, 0) is 236 Å². The van der Waals surface area contributed by atoms with Gasteiger partial charge in [0, 0.05) is 91.5 Å². The first-order valence-corrected chi connectivity index (χ1v) is 49.9. The maximum Gasteiger partial charge on any atom is 0.164 e. The third-order valence-corrected chi connectivity index (χ3v) is 27.1. The second-order valence-electron chi connectivity index (χ2n) is 36.7. The highest BCUT2D eigenvalue weighted by atomic mass is 15.1. The molecule has 0 radical (unpaired) electrons. The van der Waals surface area contributed by atoms with Gasteiger partial charge in [0.15, 0.2) is 58.2 Å². The molecule has 0 atom stereocenters.